The summed E-state index contributed by atoms with van der Waals surface area (Å²) < 4.78 is 0. The zero-order chi connectivity index (χ0) is 38.2. The maximum absolute atomic E-state index is 5.07. The van der Waals surface area contributed by atoms with Gasteiger partial charge in [-0.2, -0.15) is 0 Å². The van der Waals surface area contributed by atoms with E-state index in [0.717, 1.165) is 11.1 Å². The highest BCUT2D eigenvalue weighted by molar-refractivity contribution is 6.26. The molecule has 1 heteroatoms. The van der Waals surface area contributed by atoms with Crippen molar-refractivity contribution in [1.82, 2.24) is 4.98 Å². The minimum absolute atomic E-state index is 1.01. The molecule has 1 aromatic heterocycles. The molecule has 0 bridgehead atoms. The van der Waals surface area contributed by atoms with E-state index in [1.807, 2.05) is 6.20 Å². The lowest BCUT2D eigenvalue weighted by molar-refractivity contribution is 1.37. The van der Waals surface area contributed by atoms with Crippen LogP contribution in [-0.2, 0) is 0 Å². The van der Waals surface area contributed by atoms with Crippen molar-refractivity contribution in [3.05, 3.63) is 212 Å². The molecule has 11 aromatic carbocycles. The highest BCUT2D eigenvalue weighted by Crippen LogP contribution is 2.49. The van der Waals surface area contributed by atoms with Gasteiger partial charge in [0, 0.05) is 17.1 Å². The van der Waals surface area contributed by atoms with Crippen molar-refractivity contribution in [3.8, 4) is 44.6 Å². The van der Waals surface area contributed by atoms with Crippen molar-refractivity contribution in [1.29, 1.82) is 0 Å². The van der Waals surface area contributed by atoms with Crippen LogP contribution in [0.3, 0.4) is 0 Å². The highest BCUT2D eigenvalue weighted by Gasteiger charge is 2.22. The molecule has 12 aromatic rings. The Labute approximate surface area is 336 Å². The minimum Gasteiger partial charge on any atom is -0.256 e. The molecule has 58 heavy (non-hydrogen) atoms. The van der Waals surface area contributed by atoms with E-state index < -0.39 is 0 Å². The Balaban J connectivity index is 1.21. The van der Waals surface area contributed by atoms with E-state index >= 15 is 0 Å². The van der Waals surface area contributed by atoms with Gasteiger partial charge in [0.05, 0.1) is 5.69 Å². The second-order valence-electron chi connectivity index (χ2n) is 15.4. The van der Waals surface area contributed by atoms with Gasteiger partial charge in [-0.1, -0.05) is 182 Å². The number of rotatable bonds is 4. The largest absolute Gasteiger partial charge is 0.256 e. The van der Waals surface area contributed by atoms with Gasteiger partial charge in [-0.3, -0.25) is 4.98 Å². The number of nitrogens with zero attached hydrogens (tertiary/aromatic N) is 1. The molecular formula is C57H35N. The number of fused-ring (bicyclic) bond motifs is 7. The minimum atomic E-state index is 1.01. The Morgan fingerprint density at radius 3 is 1.10 bits per heavy atom. The van der Waals surface area contributed by atoms with Gasteiger partial charge >= 0.3 is 0 Å². The molecule has 0 radical (unpaired) electrons. The summed E-state index contributed by atoms with van der Waals surface area (Å²) in [7, 11) is 0. The molecule has 0 aliphatic heterocycles. The van der Waals surface area contributed by atoms with E-state index in [0.29, 0.717) is 0 Å². The fourth-order valence-electron chi connectivity index (χ4n) is 9.66. The van der Waals surface area contributed by atoms with Gasteiger partial charge in [0.2, 0.25) is 0 Å². The van der Waals surface area contributed by atoms with Crippen LogP contribution >= 0.6 is 0 Å². The summed E-state index contributed by atoms with van der Waals surface area (Å²) in [5, 5.41) is 17.1. The first kappa shape index (κ1) is 32.6. The van der Waals surface area contributed by atoms with Crippen LogP contribution in [0.25, 0.3) is 120 Å². The summed E-state index contributed by atoms with van der Waals surface area (Å²) in [5.74, 6) is 0. The Bertz CT molecular complexity index is 3570. The Kier molecular flexibility index (Phi) is 7.30. The summed E-state index contributed by atoms with van der Waals surface area (Å²) in [4.78, 5) is 5.07. The summed E-state index contributed by atoms with van der Waals surface area (Å²) in [6.45, 7) is 0. The lowest BCUT2D eigenvalue weighted by Crippen LogP contribution is -1.94. The third kappa shape index (κ3) is 5.00. The van der Waals surface area contributed by atoms with Gasteiger partial charge in [-0.15, -0.1) is 0 Å². The third-order valence-electron chi connectivity index (χ3n) is 12.2. The van der Waals surface area contributed by atoms with Crippen molar-refractivity contribution in [3.63, 3.8) is 0 Å². The zero-order valence-corrected chi connectivity index (χ0v) is 31.7. The first-order valence-electron chi connectivity index (χ1n) is 20.0. The van der Waals surface area contributed by atoms with Crippen LogP contribution in [0.4, 0.5) is 0 Å². The van der Waals surface area contributed by atoms with Crippen LogP contribution in [0, 0.1) is 0 Å². The lowest BCUT2D eigenvalue weighted by Gasteiger charge is -2.21. The monoisotopic (exact) mass is 733 g/mol. The Morgan fingerprint density at radius 2 is 0.586 bits per heavy atom. The fourth-order valence-corrected chi connectivity index (χ4v) is 9.66. The average molecular weight is 734 g/mol. The normalized spacial score (nSPS) is 11.8. The van der Waals surface area contributed by atoms with Crippen LogP contribution in [0.15, 0.2) is 212 Å². The number of hydrogen-bond donors (Lipinski definition) is 0. The highest BCUT2D eigenvalue weighted by atomic mass is 14.7. The van der Waals surface area contributed by atoms with Gasteiger partial charge < -0.3 is 0 Å². The first-order chi connectivity index (χ1) is 28.8. The maximum Gasteiger partial charge on any atom is 0.0792 e. The Morgan fingerprint density at radius 1 is 0.224 bits per heavy atom. The van der Waals surface area contributed by atoms with E-state index in [2.05, 4.69) is 206 Å². The predicted molar refractivity (Wildman–Crippen MR) is 249 cm³/mol. The van der Waals surface area contributed by atoms with Crippen LogP contribution in [0.2, 0.25) is 0 Å². The van der Waals surface area contributed by atoms with Crippen LogP contribution < -0.4 is 0 Å². The summed E-state index contributed by atoms with van der Waals surface area (Å²) in [6, 6.07) is 75.9. The summed E-state index contributed by atoms with van der Waals surface area (Å²) in [5.41, 5.74) is 9.58. The van der Waals surface area contributed by atoms with E-state index in [1.165, 1.54) is 109 Å². The number of pyridine rings is 1. The number of hydrogen-bond acceptors (Lipinski definition) is 1. The van der Waals surface area contributed by atoms with Crippen molar-refractivity contribution >= 4 is 75.4 Å². The fraction of sp³-hybridized carbons (Fsp3) is 0. The van der Waals surface area contributed by atoms with Crippen molar-refractivity contribution in [2.45, 2.75) is 0 Å². The van der Waals surface area contributed by atoms with Crippen molar-refractivity contribution < 1.29 is 0 Å². The number of benzene rings is 11. The molecule has 0 amide bonds. The van der Waals surface area contributed by atoms with E-state index in [-0.39, 0.29) is 0 Å². The topological polar surface area (TPSA) is 12.9 Å². The molecule has 1 nitrogen and oxygen atoms in total. The second-order valence-corrected chi connectivity index (χ2v) is 15.4. The van der Waals surface area contributed by atoms with Crippen LogP contribution in [0.1, 0.15) is 0 Å². The quantitative estimate of drug-likeness (QED) is 0.164. The SMILES string of the molecule is c1ccc2cc(-c3c4ccccc4c(-c4ccc5ccccc5c4)c4cc(-c5c6ccccc6c(-c6nccc7ccccc67)c6ccccc56)ccc34)ccc2c1. The summed E-state index contributed by atoms with van der Waals surface area (Å²) >= 11 is 0. The summed E-state index contributed by atoms with van der Waals surface area (Å²) in [6.07, 6.45) is 1.95. The third-order valence-corrected chi connectivity index (χ3v) is 12.2. The van der Waals surface area contributed by atoms with Gasteiger partial charge in [0.15, 0.2) is 0 Å². The molecule has 0 spiro atoms. The molecule has 0 N–H and O–H groups in total. The van der Waals surface area contributed by atoms with Gasteiger partial charge in [0.25, 0.3) is 0 Å². The lowest BCUT2D eigenvalue weighted by atomic mass is 9.82. The molecule has 0 saturated heterocycles. The second kappa shape index (κ2) is 13.0. The molecule has 0 unspecified atom stereocenters. The standard InChI is InChI=1S/C57H35N/c1-3-16-39-33-41(27-25-36(39)13-1)53-45-19-7-8-20-46(45)55(42-28-26-37-14-2-4-17-40(37)34-42)52-35-43(29-30-51(52)53)54-47-21-9-11-23-49(47)56(50-24-12-10-22-48(50)54)57-44-18-6-5-15-38(44)31-32-58-57/h1-35H. The molecule has 0 aliphatic carbocycles. The molecule has 1 heterocycles. The van der Waals surface area contributed by atoms with Crippen LogP contribution in [0.5, 0.6) is 0 Å². The van der Waals surface area contributed by atoms with Crippen LogP contribution in [-0.4, -0.2) is 4.98 Å². The average Bonchev–Trinajstić information content (AvgIpc) is 3.29. The van der Waals surface area contributed by atoms with E-state index in [1.54, 1.807) is 0 Å². The molecule has 0 aliphatic rings. The smallest absolute Gasteiger partial charge is 0.0792 e. The van der Waals surface area contributed by atoms with Gasteiger partial charge in [0.1, 0.15) is 0 Å². The number of aromatic nitrogens is 1. The van der Waals surface area contributed by atoms with Gasteiger partial charge in [-0.25, -0.2) is 0 Å². The van der Waals surface area contributed by atoms with Crippen molar-refractivity contribution in [2.24, 2.45) is 0 Å². The molecular weight excluding hydrogens is 699 g/mol. The molecule has 0 atom stereocenters. The molecule has 268 valence electrons. The molecule has 0 saturated carbocycles. The van der Waals surface area contributed by atoms with Gasteiger partial charge in [-0.05, 0) is 128 Å². The van der Waals surface area contributed by atoms with E-state index in [9.17, 15) is 0 Å². The maximum atomic E-state index is 5.07. The molecule has 12 rings (SSSR count). The van der Waals surface area contributed by atoms with Crippen molar-refractivity contribution in [2.75, 3.05) is 0 Å². The zero-order valence-electron chi connectivity index (χ0n) is 31.7. The predicted octanol–water partition coefficient (Wildman–Crippen LogP) is 15.8. The Hall–Kier alpha value is -7.61. The molecule has 0 fully saturated rings. The van der Waals surface area contributed by atoms with E-state index in [4.69, 9.17) is 4.98 Å². The first-order valence-corrected chi connectivity index (χ1v) is 20.0.